The first-order valence-electron chi connectivity index (χ1n) is 9.25. The molecule has 1 unspecified atom stereocenters. The number of hydrogen-bond donors (Lipinski definition) is 2. The minimum Gasteiger partial charge on any atom is -0.374 e. The summed E-state index contributed by atoms with van der Waals surface area (Å²) in [5.41, 5.74) is 5.55. The Balaban J connectivity index is 1.44. The fourth-order valence-electron chi connectivity index (χ4n) is 3.79. The highest BCUT2D eigenvalue weighted by molar-refractivity contribution is 7.15. The molecule has 7 nitrogen and oxygen atoms in total. The molecule has 3 N–H and O–H groups in total. The number of rotatable bonds is 6. The summed E-state index contributed by atoms with van der Waals surface area (Å²) in [6.07, 6.45) is 8.06. The lowest BCUT2D eigenvalue weighted by Crippen LogP contribution is -2.47. The average molecular weight is 366 g/mol. The second-order valence-electron chi connectivity index (χ2n) is 7.11. The van der Waals surface area contributed by atoms with Gasteiger partial charge >= 0.3 is 0 Å². The van der Waals surface area contributed by atoms with E-state index in [4.69, 9.17) is 5.73 Å². The molecule has 1 aromatic heterocycles. The maximum Gasteiger partial charge on any atom is 0.224 e. The van der Waals surface area contributed by atoms with Gasteiger partial charge in [-0.25, -0.2) is 0 Å². The quantitative estimate of drug-likeness (QED) is 0.797. The average Bonchev–Trinajstić information content (AvgIpc) is 3.03. The number of nitrogens with two attached hydrogens (primary N) is 1. The highest BCUT2D eigenvalue weighted by Gasteiger charge is 2.31. The fraction of sp³-hybridized carbons (Fsp3) is 0.765. The summed E-state index contributed by atoms with van der Waals surface area (Å²) in [7, 11) is 0. The van der Waals surface area contributed by atoms with Gasteiger partial charge in [-0.3, -0.25) is 9.59 Å². The first-order chi connectivity index (χ1) is 12.1. The van der Waals surface area contributed by atoms with Crippen LogP contribution in [0.25, 0.3) is 0 Å². The maximum absolute atomic E-state index is 12.4. The summed E-state index contributed by atoms with van der Waals surface area (Å²) in [5, 5.41) is 12.0. The first-order valence-corrected chi connectivity index (χ1v) is 10.1. The summed E-state index contributed by atoms with van der Waals surface area (Å²) in [6.45, 7) is 1.92. The van der Waals surface area contributed by atoms with E-state index in [0.717, 1.165) is 11.6 Å². The van der Waals surface area contributed by atoms with Gasteiger partial charge in [0.25, 0.3) is 0 Å². The van der Waals surface area contributed by atoms with Gasteiger partial charge in [0, 0.05) is 32.5 Å². The summed E-state index contributed by atoms with van der Waals surface area (Å²) in [5.74, 6) is 0.765. The minimum atomic E-state index is -0.0965. The highest BCUT2D eigenvalue weighted by atomic mass is 32.1. The van der Waals surface area contributed by atoms with Gasteiger partial charge < -0.3 is 16.0 Å². The van der Waals surface area contributed by atoms with Gasteiger partial charge in [0.05, 0.1) is 5.92 Å². The lowest BCUT2D eigenvalue weighted by Gasteiger charge is -2.35. The van der Waals surface area contributed by atoms with Crippen LogP contribution in [0.4, 0.5) is 5.13 Å². The molecule has 1 aliphatic heterocycles. The van der Waals surface area contributed by atoms with Crippen molar-refractivity contribution in [3.05, 3.63) is 5.01 Å². The molecule has 8 heteroatoms. The predicted octanol–water partition coefficient (Wildman–Crippen LogP) is 1.60. The van der Waals surface area contributed by atoms with Gasteiger partial charge in [-0.1, -0.05) is 30.6 Å². The van der Waals surface area contributed by atoms with Crippen molar-refractivity contribution in [3.63, 3.8) is 0 Å². The third kappa shape index (κ3) is 5.14. The van der Waals surface area contributed by atoms with Crippen LogP contribution in [0.1, 0.15) is 50.0 Å². The Bertz CT molecular complexity index is 600. The second-order valence-corrected chi connectivity index (χ2v) is 8.21. The number of hydrogen-bond acceptors (Lipinski definition) is 6. The molecule has 2 fully saturated rings. The molecule has 1 aliphatic carbocycles. The number of nitrogen functional groups attached to an aromatic ring is 1. The zero-order valence-electron chi connectivity index (χ0n) is 14.6. The summed E-state index contributed by atoms with van der Waals surface area (Å²) >= 11 is 1.35. The van der Waals surface area contributed by atoms with Crippen molar-refractivity contribution in [2.45, 2.75) is 51.4 Å². The summed E-state index contributed by atoms with van der Waals surface area (Å²) in [4.78, 5) is 26.6. The van der Waals surface area contributed by atoms with Gasteiger partial charge in [-0.05, 0) is 25.2 Å². The maximum atomic E-state index is 12.4. The van der Waals surface area contributed by atoms with Crippen LogP contribution in [0.3, 0.4) is 0 Å². The van der Waals surface area contributed by atoms with Gasteiger partial charge in [0.15, 0.2) is 0 Å². The summed E-state index contributed by atoms with van der Waals surface area (Å²) < 4.78 is 0. The Labute approximate surface area is 152 Å². The molecule has 0 bridgehead atoms. The number of amides is 2. The third-order valence-corrected chi connectivity index (χ3v) is 6.01. The van der Waals surface area contributed by atoms with Crippen molar-refractivity contribution in [1.29, 1.82) is 0 Å². The molecule has 1 atom stereocenters. The van der Waals surface area contributed by atoms with E-state index < -0.39 is 0 Å². The number of nitrogens with zero attached hydrogens (tertiary/aromatic N) is 3. The van der Waals surface area contributed by atoms with Crippen LogP contribution in [0.5, 0.6) is 0 Å². The molecular formula is C17H27N5O2S. The predicted molar refractivity (Wildman–Crippen MR) is 96.9 cm³/mol. The molecule has 3 rings (SSSR count). The van der Waals surface area contributed by atoms with Gasteiger partial charge in [0.1, 0.15) is 5.01 Å². The molecule has 2 aliphatic rings. The Morgan fingerprint density at radius 2 is 2.04 bits per heavy atom. The number of anilines is 1. The molecule has 1 saturated heterocycles. The molecule has 1 saturated carbocycles. The Kier molecular flexibility index (Phi) is 6.23. The normalized spacial score (nSPS) is 22.2. The van der Waals surface area contributed by atoms with Gasteiger partial charge in [-0.15, -0.1) is 10.2 Å². The van der Waals surface area contributed by atoms with Crippen LogP contribution in [0.2, 0.25) is 0 Å². The first kappa shape index (κ1) is 18.1. The fourth-order valence-corrected chi connectivity index (χ4v) is 4.40. The van der Waals surface area contributed by atoms with Crippen LogP contribution in [0, 0.1) is 11.8 Å². The van der Waals surface area contributed by atoms with Gasteiger partial charge in [0.2, 0.25) is 16.9 Å². The highest BCUT2D eigenvalue weighted by Crippen LogP contribution is 2.27. The molecule has 2 heterocycles. The molecule has 1 aromatic rings. The van der Waals surface area contributed by atoms with Crippen molar-refractivity contribution in [1.82, 2.24) is 20.4 Å². The van der Waals surface area contributed by atoms with Crippen LogP contribution >= 0.6 is 11.3 Å². The van der Waals surface area contributed by atoms with E-state index in [-0.39, 0.29) is 17.7 Å². The van der Waals surface area contributed by atoms with Crippen LogP contribution in [-0.4, -0.2) is 46.5 Å². The van der Waals surface area contributed by atoms with Crippen molar-refractivity contribution in [2.24, 2.45) is 11.8 Å². The van der Waals surface area contributed by atoms with Crippen molar-refractivity contribution < 1.29 is 9.59 Å². The summed E-state index contributed by atoms with van der Waals surface area (Å²) in [6, 6.07) is 0. The zero-order chi connectivity index (χ0) is 17.6. The van der Waals surface area contributed by atoms with E-state index in [1.54, 1.807) is 0 Å². The van der Waals surface area contributed by atoms with Crippen LogP contribution in [0.15, 0.2) is 0 Å². The Morgan fingerprint density at radius 1 is 1.24 bits per heavy atom. The van der Waals surface area contributed by atoms with E-state index in [2.05, 4.69) is 15.5 Å². The Hall–Kier alpha value is -1.70. The lowest BCUT2D eigenvalue weighted by molar-refractivity contribution is -0.139. The number of carbonyl (C=O) groups excluding carboxylic acids is 2. The van der Waals surface area contributed by atoms with E-state index in [9.17, 15) is 9.59 Å². The number of carbonyl (C=O) groups is 2. The lowest BCUT2D eigenvalue weighted by atomic mass is 9.87. The molecule has 138 valence electrons. The number of nitrogens with one attached hydrogen (secondary N) is 1. The van der Waals surface area contributed by atoms with Crippen LogP contribution < -0.4 is 11.1 Å². The van der Waals surface area contributed by atoms with Crippen LogP contribution in [-0.2, 0) is 16.0 Å². The van der Waals surface area contributed by atoms with E-state index in [0.29, 0.717) is 43.4 Å². The van der Waals surface area contributed by atoms with Crippen molar-refractivity contribution >= 4 is 28.3 Å². The van der Waals surface area contributed by atoms with Crippen molar-refractivity contribution in [3.8, 4) is 0 Å². The van der Waals surface area contributed by atoms with Crippen molar-refractivity contribution in [2.75, 3.05) is 25.4 Å². The molecular weight excluding hydrogens is 338 g/mol. The monoisotopic (exact) mass is 365 g/mol. The number of likely N-dealkylation sites (tertiary alicyclic amines) is 1. The molecule has 2 amide bonds. The minimum absolute atomic E-state index is 0.0404. The third-order valence-electron chi connectivity index (χ3n) is 5.19. The SMILES string of the molecule is Nc1nnc(CCNC(=O)C2CCC(=O)N(CC3CCCCC3)C2)s1. The largest absolute Gasteiger partial charge is 0.374 e. The van der Waals surface area contributed by atoms with Gasteiger partial charge in [-0.2, -0.15) is 0 Å². The molecule has 0 spiro atoms. The Morgan fingerprint density at radius 3 is 2.76 bits per heavy atom. The molecule has 0 aromatic carbocycles. The van der Waals surface area contributed by atoms with E-state index in [1.807, 2.05) is 4.90 Å². The molecule has 0 radical (unpaired) electrons. The number of aromatic nitrogens is 2. The zero-order valence-corrected chi connectivity index (χ0v) is 15.4. The smallest absolute Gasteiger partial charge is 0.224 e. The second kappa shape index (κ2) is 8.60. The van der Waals surface area contributed by atoms with E-state index >= 15 is 0 Å². The standard InChI is InChI=1S/C17H27N5O2S/c18-17-21-20-14(25-17)8-9-19-16(24)13-6-7-15(23)22(11-13)10-12-4-2-1-3-5-12/h12-13H,1-11H2,(H2,18,21)(H,19,24). The topological polar surface area (TPSA) is 101 Å². The molecule has 25 heavy (non-hydrogen) atoms. The van der Waals surface area contributed by atoms with E-state index in [1.165, 1.54) is 43.4 Å². The number of piperidine rings is 1.